The van der Waals surface area contributed by atoms with Gasteiger partial charge < -0.3 is 0 Å². The molecule has 0 aliphatic carbocycles. The highest BCUT2D eigenvalue weighted by Crippen LogP contribution is 2.53. The van der Waals surface area contributed by atoms with Gasteiger partial charge in [0.15, 0.2) is 0 Å². The quantitative estimate of drug-likeness (QED) is 0.0823. The van der Waals surface area contributed by atoms with Crippen molar-refractivity contribution in [3.05, 3.63) is 153 Å². The van der Waals surface area contributed by atoms with Gasteiger partial charge in [-0.1, -0.05) is 106 Å². The maximum atomic E-state index is 15.0. The smallest absolute Gasteiger partial charge is 0.274 e. The van der Waals surface area contributed by atoms with Gasteiger partial charge in [-0.3, -0.25) is 14.2 Å². The second-order valence-electron chi connectivity index (χ2n) is 16.9. The molecule has 9 aromatic carbocycles. The zero-order chi connectivity index (χ0) is 45.9. The van der Waals surface area contributed by atoms with Crippen LogP contribution in [0.4, 0.5) is 39.5 Å². The third-order valence-electron chi connectivity index (χ3n) is 13.3. The van der Waals surface area contributed by atoms with E-state index in [1.807, 2.05) is 13.0 Å². The fraction of sp³-hybridized carbons (Fsp3) is 0.208. The lowest BCUT2D eigenvalue weighted by Gasteiger charge is -2.23. The van der Waals surface area contributed by atoms with Crippen molar-refractivity contribution < 1.29 is 39.5 Å². The lowest BCUT2D eigenvalue weighted by atomic mass is 9.79. The van der Waals surface area contributed by atoms with Crippen LogP contribution in [0.25, 0.3) is 98.0 Å². The van der Waals surface area contributed by atoms with Crippen LogP contribution >= 0.6 is 0 Å². The molecule has 1 atom stereocenters. The average molecular weight is 890 g/mol. The Morgan fingerprint density at radius 3 is 1.35 bits per heavy atom. The zero-order valence-electron chi connectivity index (χ0n) is 34.7. The Balaban J connectivity index is 1.40. The summed E-state index contributed by atoms with van der Waals surface area (Å²) >= 11 is 0. The zero-order valence-corrected chi connectivity index (χ0v) is 34.7. The van der Waals surface area contributed by atoms with E-state index >= 15 is 0 Å². The van der Waals surface area contributed by atoms with Gasteiger partial charge in [-0.05, 0) is 142 Å². The van der Waals surface area contributed by atoms with Crippen molar-refractivity contribution in [2.45, 2.75) is 64.6 Å². The van der Waals surface area contributed by atoms with Gasteiger partial charge in [0.05, 0.1) is 27.5 Å². The van der Waals surface area contributed by atoms with Crippen molar-refractivity contribution in [3.8, 4) is 33.4 Å². The Morgan fingerprint density at radius 1 is 0.431 bits per heavy atom. The predicted octanol–water partition coefficient (Wildman–Crippen LogP) is 15.7. The van der Waals surface area contributed by atoms with Gasteiger partial charge in [0, 0.05) is 6.54 Å². The Bertz CT molecular complexity index is 3570. The average Bonchev–Trinajstić information content (AvgIpc) is 3.53. The molecule has 65 heavy (non-hydrogen) atoms. The summed E-state index contributed by atoms with van der Waals surface area (Å²) in [6.07, 6.45) is -10.5. The van der Waals surface area contributed by atoms with Crippen LogP contribution in [0.3, 0.4) is 0 Å². The molecule has 328 valence electrons. The van der Waals surface area contributed by atoms with Crippen LogP contribution in [0.2, 0.25) is 0 Å². The lowest BCUT2D eigenvalue weighted by molar-refractivity contribution is -0.138. The van der Waals surface area contributed by atoms with Crippen molar-refractivity contribution in [2.75, 3.05) is 0 Å². The first-order chi connectivity index (χ1) is 30.9. The normalized spacial score (nSPS) is 13.5. The van der Waals surface area contributed by atoms with Crippen molar-refractivity contribution >= 4 is 64.6 Å². The molecule has 0 saturated carbocycles. The standard InChI is InChI=1S/C53H36F9NO2/c1-3-5-6-27(4-2)26-63-49(64)47-39-24-22-36-34(28-7-13-31(14-8-28)51(54,55)56)19-23-38-42-35(29-9-15-32(16-10-29)52(57,58)59)20-21-37-40(30-11-17-33(18-12-30)53(60,61)62)25-41(48(47)50(63)65)46(44(37)42)45(39)43(36)38/h7-25,27H,3-6,26H2,1-2H3. The van der Waals surface area contributed by atoms with Crippen LogP contribution < -0.4 is 11.1 Å². The molecule has 0 spiro atoms. The molecule has 1 unspecified atom stereocenters. The fourth-order valence-electron chi connectivity index (χ4n) is 10.0. The molecule has 12 heteroatoms. The minimum atomic E-state index is -4.62. The molecule has 1 heterocycles. The van der Waals surface area contributed by atoms with Gasteiger partial charge in [0.2, 0.25) is 0 Å². The highest BCUT2D eigenvalue weighted by molar-refractivity contribution is 6.47. The predicted molar refractivity (Wildman–Crippen MR) is 240 cm³/mol. The van der Waals surface area contributed by atoms with E-state index < -0.39 is 46.3 Å². The number of fused-ring (bicyclic) bond motifs is 4. The Morgan fingerprint density at radius 2 is 0.831 bits per heavy atom. The third kappa shape index (κ3) is 6.65. The molecule has 0 amide bonds. The maximum Gasteiger partial charge on any atom is 0.416 e. The molecule has 0 aliphatic rings. The number of unbranched alkanes of at least 4 members (excludes halogenated alkanes) is 1. The Labute approximate surface area is 364 Å². The number of alkyl halides is 9. The molecule has 10 rings (SSSR count). The van der Waals surface area contributed by atoms with Gasteiger partial charge in [0.25, 0.3) is 11.1 Å². The van der Waals surface area contributed by atoms with Crippen LogP contribution in [0, 0.1) is 5.92 Å². The van der Waals surface area contributed by atoms with Crippen LogP contribution in [0.1, 0.15) is 56.2 Å². The number of benzene rings is 9. The first kappa shape index (κ1) is 42.3. The molecule has 0 fully saturated rings. The minimum absolute atomic E-state index is 0.0190. The van der Waals surface area contributed by atoms with E-state index in [4.69, 9.17) is 0 Å². The summed E-state index contributed by atoms with van der Waals surface area (Å²) in [6, 6.07) is 26.5. The maximum absolute atomic E-state index is 15.0. The van der Waals surface area contributed by atoms with Crippen LogP contribution in [-0.4, -0.2) is 4.57 Å². The minimum Gasteiger partial charge on any atom is -0.274 e. The number of aromatic nitrogens is 1. The molecule has 0 radical (unpaired) electrons. The van der Waals surface area contributed by atoms with Crippen LogP contribution in [0.5, 0.6) is 0 Å². The Hall–Kier alpha value is -6.69. The molecule has 0 saturated heterocycles. The van der Waals surface area contributed by atoms with E-state index in [2.05, 4.69) is 6.92 Å². The fourth-order valence-corrected chi connectivity index (χ4v) is 10.0. The first-order valence-corrected chi connectivity index (χ1v) is 21.3. The van der Waals surface area contributed by atoms with Crippen molar-refractivity contribution in [3.63, 3.8) is 0 Å². The van der Waals surface area contributed by atoms with Crippen molar-refractivity contribution in [2.24, 2.45) is 5.92 Å². The molecule has 1 aromatic heterocycles. The summed E-state index contributed by atoms with van der Waals surface area (Å²) in [5.41, 5.74) is -0.691. The molecule has 0 aliphatic heterocycles. The molecular weight excluding hydrogens is 854 g/mol. The van der Waals surface area contributed by atoms with E-state index in [-0.39, 0.29) is 23.2 Å². The van der Waals surface area contributed by atoms with E-state index in [0.29, 0.717) is 93.7 Å². The topological polar surface area (TPSA) is 39.1 Å². The summed E-state index contributed by atoms with van der Waals surface area (Å²) in [5, 5.41) is 5.92. The van der Waals surface area contributed by atoms with Crippen molar-refractivity contribution in [1.29, 1.82) is 0 Å². The van der Waals surface area contributed by atoms with E-state index in [1.165, 1.54) is 41.0 Å². The van der Waals surface area contributed by atoms with Crippen molar-refractivity contribution in [1.82, 2.24) is 4.57 Å². The number of rotatable bonds is 9. The number of hydrogen-bond acceptors (Lipinski definition) is 2. The van der Waals surface area contributed by atoms with E-state index in [1.54, 1.807) is 36.4 Å². The monoisotopic (exact) mass is 889 g/mol. The number of halogens is 9. The van der Waals surface area contributed by atoms with Crippen LogP contribution in [-0.2, 0) is 25.1 Å². The summed E-state index contributed by atoms with van der Waals surface area (Å²) in [5.74, 6) is 0.0190. The largest absolute Gasteiger partial charge is 0.416 e. The highest BCUT2D eigenvalue weighted by atomic mass is 19.4. The van der Waals surface area contributed by atoms with Gasteiger partial charge in [-0.15, -0.1) is 0 Å². The summed E-state index contributed by atoms with van der Waals surface area (Å²) in [4.78, 5) is 29.8. The summed E-state index contributed by atoms with van der Waals surface area (Å²) in [6.45, 7) is 4.24. The first-order valence-electron chi connectivity index (χ1n) is 21.3. The molecule has 3 nitrogen and oxygen atoms in total. The summed E-state index contributed by atoms with van der Waals surface area (Å²) in [7, 11) is 0. The molecule has 10 aromatic rings. The SMILES string of the molecule is CCCCC(CC)Cn1c(=O)c2c3ccc4c(-c5ccc(C(F)(F)F)cc5)ccc5c6c(-c7ccc(C(F)(F)F)cc7)ccc7c(-c8ccc(C(F)(F)F)cc8)cc(c2c1=O)c(c76)c3c45. The second-order valence-corrected chi connectivity index (χ2v) is 16.9. The van der Waals surface area contributed by atoms with Crippen LogP contribution in [0.15, 0.2) is 125 Å². The Kier molecular flexibility index (Phi) is 9.71. The van der Waals surface area contributed by atoms with Gasteiger partial charge in [-0.25, -0.2) is 0 Å². The van der Waals surface area contributed by atoms with E-state index in [9.17, 15) is 49.1 Å². The molecule has 0 N–H and O–H groups in total. The summed E-state index contributed by atoms with van der Waals surface area (Å²) < 4.78 is 126. The third-order valence-corrected chi connectivity index (χ3v) is 13.3. The highest BCUT2D eigenvalue weighted by Gasteiger charge is 2.34. The van der Waals surface area contributed by atoms with Gasteiger partial charge in [-0.2, -0.15) is 39.5 Å². The van der Waals surface area contributed by atoms with E-state index in [0.717, 1.165) is 55.7 Å². The van der Waals surface area contributed by atoms with Gasteiger partial charge >= 0.3 is 18.5 Å². The lowest BCUT2D eigenvalue weighted by Crippen LogP contribution is -2.29. The number of nitrogens with zero attached hydrogens (tertiary/aromatic N) is 1. The van der Waals surface area contributed by atoms with Gasteiger partial charge in [0.1, 0.15) is 0 Å². The second kappa shape index (κ2) is 14.9. The molecular formula is C53H36F9NO2. The molecule has 0 bridgehead atoms. The number of hydrogen-bond donors (Lipinski definition) is 0.